The minimum Gasteiger partial charge on any atom is -0.488 e. The molecule has 2 N–H and O–H groups in total. The number of rotatable bonds is 3. The van der Waals surface area contributed by atoms with E-state index >= 15 is 0 Å². The van der Waals surface area contributed by atoms with Gasteiger partial charge in [-0.25, -0.2) is 4.39 Å². The Morgan fingerprint density at radius 1 is 1.20 bits per heavy atom. The van der Waals surface area contributed by atoms with Gasteiger partial charge in [-0.1, -0.05) is 0 Å². The van der Waals surface area contributed by atoms with Crippen LogP contribution in [0.3, 0.4) is 0 Å². The van der Waals surface area contributed by atoms with Crippen molar-refractivity contribution in [3.05, 3.63) is 58.4 Å². The van der Waals surface area contributed by atoms with Crippen molar-refractivity contribution in [2.75, 3.05) is 5.73 Å². The van der Waals surface area contributed by atoms with Gasteiger partial charge in [0.25, 0.3) is 0 Å². The van der Waals surface area contributed by atoms with Crippen molar-refractivity contribution in [1.82, 2.24) is 0 Å². The van der Waals surface area contributed by atoms with Crippen LogP contribution in [0.1, 0.15) is 22.3 Å². The van der Waals surface area contributed by atoms with Crippen molar-refractivity contribution in [3.8, 4) is 11.8 Å². The molecule has 0 aliphatic heterocycles. The molecule has 0 aromatic heterocycles. The molecule has 0 fully saturated rings. The van der Waals surface area contributed by atoms with Crippen LogP contribution in [0.15, 0.2) is 30.3 Å². The molecular weight excluding hydrogens is 255 g/mol. The molecule has 20 heavy (non-hydrogen) atoms. The first-order chi connectivity index (χ1) is 9.51. The Morgan fingerprint density at radius 3 is 2.45 bits per heavy atom. The second kappa shape index (κ2) is 5.62. The number of nitrogen functional groups attached to an aromatic ring is 1. The van der Waals surface area contributed by atoms with Crippen LogP contribution in [0.25, 0.3) is 0 Å². The lowest BCUT2D eigenvalue weighted by molar-refractivity contribution is 0.302. The first kappa shape index (κ1) is 13.9. The molecule has 3 nitrogen and oxygen atoms in total. The van der Waals surface area contributed by atoms with Crippen LogP contribution in [0.4, 0.5) is 10.1 Å². The number of nitrogens with two attached hydrogens (primary N) is 1. The third kappa shape index (κ3) is 2.89. The number of halogens is 1. The molecule has 2 rings (SSSR count). The fraction of sp³-hybridized carbons (Fsp3) is 0.188. The third-order valence-corrected chi connectivity index (χ3v) is 3.07. The predicted molar refractivity (Wildman–Crippen MR) is 75.8 cm³/mol. The Labute approximate surface area is 117 Å². The Kier molecular flexibility index (Phi) is 3.90. The molecule has 0 bridgehead atoms. The van der Waals surface area contributed by atoms with Crippen LogP contribution in [0.2, 0.25) is 0 Å². The first-order valence-corrected chi connectivity index (χ1v) is 6.19. The molecule has 0 aliphatic rings. The van der Waals surface area contributed by atoms with Gasteiger partial charge in [0.05, 0.1) is 11.6 Å². The molecular formula is C16H15FN2O. The van der Waals surface area contributed by atoms with E-state index in [0.717, 1.165) is 11.1 Å². The van der Waals surface area contributed by atoms with Crippen LogP contribution in [0.5, 0.6) is 5.75 Å². The van der Waals surface area contributed by atoms with Crippen LogP contribution in [0, 0.1) is 31.0 Å². The second-order valence-electron chi connectivity index (χ2n) is 4.68. The molecule has 0 aliphatic carbocycles. The fourth-order valence-electron chi connectivity index (χ4n) is 2.09. The average molecular weight is 270 g/mol. The van der Waals surface area contributed by atoms with Crippen LogP contribution in [-0.2, 0) is 6.61 Å². The maximum atomic E-state index is 13.2. The number of benzene rings is 2. The molecule has 0 atom stereocenters. The van der Waals surface area contributed by atoms with Gasteiger partial charge in [-0.15, -0.1) is 0 Å². The summed E-state index contributed by atoms with van der Waals surface area (Å²) in [5.41, 5.74) is 9.22. The standard InChI is InChI=1S/C16H15FN2O/c1-10-5-12(8-18)6-11(2)16(10)20-9-13-7-14(17)3-4-15(13)19/h3-7H,9,19H2,1-2H3. The van der Waals surface area contributed by atoms with Crippen LogP contribution >= 0.6 is 0 Å². The van der Waals surface area contributed by atoms with E-state index in [2.05, 4.69) is 6.07 Å². The highest BCUT2D eigenvalue weighted by atomic mass is 19.1. The van der Waals surface area contributed by atoms with Crippen LogP contribution < -0.4 is 10.5 Å². The minimum atomic E-state index is -0.342. The molecule has 0 radical (unpaired) electrons. The van der Waals surface area contributed by atoms with E-state index in [9.17, 15) is 4.39 Å². The van der Waals surface area contributed by atoms with Gasteiger partial charge >= 0.3 is 0 Å². The van der Waals surface area contributed by atoms with Crippen molar-refractivity contribution in [2.45, 2.75) is 20.5 Å². The Balaban J connectivity index is 2.23. The summed E-state index contributed by atoms with van der Waals surface area (Å²) >= 11 is 0. The third-order valence-electron chi connectivity index (χ3n) is 3.07. The van der Waals surface area contributed by atoms with E-state index in [-0.39, 0.29) is 12.4 Å². The lowest BCUT2D eigenvalue weighted by Gasteiger charge is -2.13. The summed E-state index contributed by atoms with van der Waals surface area (Å²) in [6.07, 6.45) is 0. The van der Waals surface area contributed by atoms with Crippen molar-refractivity contribution in [1.29, 1.82) is 5.26 Å². The Morgan fingerprint density at radius 2 is 1.85 bits per heavy atom. The summed E-state index contributed by atoms with van der Waals surface area (Å²) in [5, 5.41) is 8.90. The monoisotopic (exact) mass is 270 g/mol. The van der Waals surface area contributed by atoms with Gasteiger partial charge in [0.15, 0.2) is 0 Å². The Hall–Kier alpha value is -2.54. The maximum Gasteiger partial charge on any atom is 0.125 e. The summed E-state index contributed by atoms with van der Waals surface area (Å²) in [7, 11) is 0. The summed E-state index contributed by atoms with van der Waals surface area (Å²) in [5.74, 6) is 0.360. The van der Waals surface area contributed by atoms with E-state index < -0.39 is 0 Å². The molecule has 2 aromatic rings. The SMILES string of the molecule is Cc1cc(C#N)cc(C)c1OCc1cc(F)ccc1N. The van der Waals surface area contributed by atoms with E-state index in [1.807, 2.05) is 13.8 Å². The van der Waals surface area contributed by atoms with E-state index in [0.29, 0.717) is 22.6 Å². The smallest absolute Gasteiger partial charge is 0.125 e. The van der Waals surface area contributed by atoms with Gasteiger partial charge in [-0.05, 0) is 55.3 Å². The number of hydrogen-bond donors (Lipinski definition) is 1. The zero-order chi connectivity index (χ0) is 14.7. The molecule has 0 unspecified atom stereocenters. The molecule has 0 saturated carbocycles. The maximum absolute atomic E-state index is 13.2. The van der Waals surface area contributed by atoms with Gasteiger partial charge in [0.2, 0.25) is 0 Å². The number of nitrogens with zero attached hydrogens (tertiary/aromatic N) is 1. The highest BCUT2D eigenvalue weighted by molar-refractivity contribution is 5.49. The van der Waals surface area contributed by atoms with Crippen molar-refractivity contribution in [2.24, 2.45) is 0 Å². The van der Waals surface area contributed by atoms with Gasteiger partial charge in [0, 0.05) is 11.3 Å². The van der Waals surface area contributed by atoms with Gasteiger partial charge in [-0.3, -0.25) is 0 Å². The second-order valence-corrected chi connectivity index (χ2v) is 4.68. The molecule has 2 aromatic carbocycles. The molecule has 0 heterocycles. The topological polar surface area (TPSA) is 59.0 Å². The summed E-state index contributed by atoms with van der Waals surface area (Å²) in [6, 6.07) is 9.83. The fourth-order valence-corrected chi connectivity index (χ4v) is 2.09. The average Bonchev–Trinajstić information content (AvgIpc) is 2.41. The summed E-state index contributed by atoms with van der Waals surface area (Å²) in [6.45, 7) is 3.94. The molecule has 102 valence electrons. The van der Waals surface area contributed by atoms with E-state index in [1.54, 1.807) is 12.1 Å². The first-order valence-electron chi connectivity index (χ1n) is 6.19. The summed E-state index contributed by atoms with van der Waals surface area (Å²) in [4.78, 5) is 0. The van der Waals surface area contributed by atoms with Crippen LogP contribution in [-0.4, -0.2) is 0 Å². The van der Waals surface area contributed by atoms with Crippen molar-refractivity contribution < 1.29 is 9.13 Å². The predicted octanol–water partition coefficient (Wildman–Crippen LogP) is 3.48. The van der Waals surface area contributed by atoms with Crippen molar-refractivity contribution in [3.63, 3.8) is 0 Å². The van der Waals surface area contributed by atoms with Gasteiger partial charge < -0.3 is 10.5 Å². The number of aryl methyl sites for hydroxylation is 2. The van der Waals surface area contributed by atoms with E-state index in [1.165, 1.54) is 18.2 Å². The quantitative estimate of drug-likeness (QED) is 0.869. The zero-order valence-electron chi connectivity index (χ0n) is 11.4. The largest absolute Gasteiger partial charge is 0.488 e. The highest BCUT2D eigenvalue weighted by Crippen LogP contribution is 2.26. The number of hydrogen-bond acceptors (Lipinski definition) is 3. The number of ether oxygens (including phenoxy) is 1. The van der Waals surface area contributed by atoms with Gasteiger partial charge in [-0.2, -0.15) is 5.26 Å². The molecule has 4 heteroatoms. The lowest BCUT2D eigenvalue weighted by atomic mass is 10.1. The zero-order valence-corrected chi connectivity index (χ0v) is 11.4. The highest BCUT2D eigenvalue weighted by Gasteiger charge is 2.08. The summed E-state index contributed by atoms with van der Waals surface area (Å²) < 4.78 is 18.9. The van der Waals surface area contributed by atoms with Gasteiger partial charge in [0.1, 0.15) is 18.2 Å². The molecule has 0 spiro atoms. The molecule has 0 amide bonds. The van der Waals surface area contributed by atoms with Crippen molar-refractivity contribution >= 4 is 5.69 Å². The molecule has 0 saturated heterocycles. The number of anilines is 1. The number of nitriles is 1. The van der Waals surface area contributed by atoms with E-state index in [4.69, 9.17) is 15.7 Å². The normalized spacial score (nSPS) is 10.1. The minimum absolute atomic E-state index is 0.192. The Bertz CT molecular complexity index is 666. The lowest BCUT2D eigenvalue weighted by Crippen LogP contribution is -2.03.